The molecule has 0 saturated heterocycles. The van der Waals surface area contributed by atoms with Crippen LogP contribution in [-0.4, -0.2) is 42.7 Å². The van der Waals surface area contributed by atoms with Gasteiger partial charge in [-0.05, 0) is 40.5 Å². The number of aryl methyl sites for hydroxylation is 1. The van der Waals surface area contributed by atoms with Crippen LogP contribution in [0.5, 0.6) is 0 Å². The quantitative estimate of drug-likeness (QED) is 0.377. The van der Waals surface area contributed by atoms with Crippen LogP contribution in [0.15, 0.2) is 58.2 Å². The van der Waals surface area contributed by atoms with E-state index in [-0.39, 0.29) is 29.4 Å². The Morgan fingerprint density at radius 3 is 2.83 bits per heavy atom. The van der Waals surface area contributed by atoms with Crippen molar-refractivity contribution < 1.29 is 17.8 Å². The summed E-state index contributed by atoms with van der Waals surface area (Å²) >= 11 is 0. The van der Waals surface area contributed by atoms with E-state index in [2.05, 4.69) is 30.0 Å². The van der Waals surface area contributed by atoms with Gasteiger partial charge in [0.15, 0.2) is 5.52 Å². The lowest BCUT2D eigenvalue weighted by Crippen LogP contribution is -2.34. The minimum Gasteiger partial charge on any atom is -0.361 e. The number of carbonyl (C=O) groups excluding carboxylic acids is 1. The summed E-state index contributed by atoms with van der Waals surface area (Å²) in [4.78, 5) is 15.3. The van der Waals surface area contributed by atoms with Crippen LogP contribution >= 0.6 is 0 Å². The van der Waals surface area contributed by atoms with Crippen LogP contribution in [0.25, 0.3) is 21.9 Å². The molecule has 0 unspecified atom stereocenters. The van der Waals surface area contributed by atoms with Crippen molar-refractivity contribution in [3.8, 4) is 0 Å². The molecule has 0 atom stereocenters. The number of amides is 1. The molecule has 0 fully saturated rings. The third-order valence-electron chi connectivity index (χ3n) is 4.57. The molecule has 29 heavy (non-hydrogen) atoms. The Hall–Kier alpha value is -3.24. The number of hydrogen-bond acceptors (Lipinski definition) is 6. The van der Waals surface area contributed by atoms with E-state index in [1.54, 1.807) is 12.1 Å². The first-order chi connectivity index (χ1) is 14.0. The Morgan fingerprint density at radius 1 is 1.07 bits per heavy atom. The molecule has 2 heterocycles. The number of sulfonamides is 1. The molecule has 0 saturated carbocycles. The van der Waals surface area contributed by atoms with E-state index < -0.39 is 10.0 Å². The molecule has 0 aliphatic heterocycles. The largest absolute Gasteiger partial charge is 0.361 e. The number of aromatic nitrogens is 3. The molecule has 0 radical (unpaired) electrons. The van der Waals surface area contributed by atoms with Gasteiger partial charge >= 0.3 is 0 Å². The van der Waals surface area contributed by atoms with E-state index in [9.17, 15) is 13.2 Å². The van der Waals surface area contributed by atoms with Crippen molar-refractivity contribution in [2.75, 3.05) is 13.1 Å². The second kappa shape index (κ2) is 8.02. The Labute approximate surface area is 166 Å². The molecule has 4 aromatic rings. The van der Waals surface area contributed by atoms with Crippen molar-refractivity contribution in [3.05, 3.63) is 54.2 Å². The van der Waals surface area contributed by atoms with Crippen molar-refractivity contribution in [1.82, 2.24) is 25.3 Å². The molecule has 2 aromatic heterocycles. The summed E-state index contributed by atoms with van der Waals surface area (Å²) in [5.41, 5.74) is 2.64. The van der Waals surface area contributed by atoms with Gasteiger partial charge in [0.2, 0.25) is 15.9 Å². The number of nitrogens with zero attached hydrogens (tertiary/aromatic N) is 2. The zero-order valence-corrected chi connectivity index (χ0v) is 16.2. The zero-order valence-electron chi connectivity index (χ0n) is 15.4. The molecule has 4 rings (SSSR count). The Bertz CT molecular complexity index is 1260. The first kappa shape index (κ1) is 19.1. The fraction of sp³-hybridized carbons (Fsp3) is 0.211. The lowest BCUT2D eigenvalue weighted by Gasteiger charge is -2.08. The van der Waals surface area contributed by atoms with Crippen molar-refractivity contribution in [2.45, 2.75) is 17.7 Å². The van der Waals surface area contributed by atoms with Gasteiger partial charge in [-0.25, -0.2) is 17.8 Å². The standard InChI is InChI=1S/C19H19N5O4S/c25-18(9-8-13-12-21-15-5-2-1-4-14(13)15)20-10-11-22-29(26,27)17-7-3-6-16-19(17)24-28-23-16/h1-7,12,21-22H,8-11H2,(H,20,25). The molecule has 9 nitrogen and oxygen atoms in total. The highest BCUT2D eigenvalue weighted by molar-refractivity contribution is 7.89. The summed E-state index contributed by atoms with van der Waals surface area (Å²) < 4.78 is 32.0. The molecular formula is C19H19N5O4S. The average molecular weight is 413 g/mol. The van der Waals surface area contributed by atoms with Crippen LogP contribution in [0, 0.1) is 0 Å². The molecule has 3 N–H and O–H groups in total. The first-order valence-corrected chi connectivity index (χ1v) is 10.6. The van der Waals surface area contributed by atoms with Gasteiger partial charge in [0.25, 0.3) is 0 Å². The molecule has 2 aromatic carbocycles. The summed E-state index contributed by atoms with van der Waals surface area (Å²) in [7, 11) is -3.79. The molecule has 0 bridgehead atoms. The van der Waals surface area contributed by atoms with Crippen molar-refractivity contribution >= 4 is 37.9 Å². The van der Waals surface area contributed by atoms with Gasteiger partial charge in [-0.1, -0.05) is 24.3 Å². The van der Waals surface area contributed by atoms with Crippen LogP contribution < -0.4 is 10.0 Å². The number of para-hydroxylation sites is 1. The lowest BCUT2D eigenvalue weighted by atomic mass is 10.1. The van der Waals surface area contributed by atoms with E-state index in [0.29, 0.717) is 18.4 Å². The Balaban J connectivity index is 1.27. The summed E-state index contributed by atoms with van der Waals surface area (Å²) in [6.07, 6.45) is 2.83. The smallest absolute Gasteiger partial charge is 0.242 e. The fourth-order valence-electron chi connectivity index (χ4n) is 3.14. The van der Waals surface area contributed by atoms with Gasteiger partial charge in [-0.15, -0.1) is 0 Å². The number of fused-ring (bicyclic) bond motifs is 2. The highest BCUT2D eigenvalue weighted by Gasteiger charge is 2.19. The third-order valence-corrected chi connectivity index (χ3v) is 6.07. The second-order valence-electron chi connectivity index (χ2n) is 6.50. The second-order valence-corrected chi connectivity index (χ2v) is 8.23. The van der Waals surface area contributed by atoms with E-state index in [4.69, 9.17) is 0 Å². The maximum Gasteiger partial charge on any atom is 0.242 e. The number of H-pyrrole nitrogens is 1. The number of nitrogens with one attached hydrogen (secondary N) is 3. The zero-order chi connectivity index (χ0) is 20.3. The lowest BCUT2D eigenvalue weighted by molar-refractivity contribution is -0.121. The molecule has 0 aliphatic carbocycles. The molecule has 0 aliphatic rings. The van der Waals surface area contributed by atoms with Crippen LogP contribution in [0.2, 0.25) is 0 Å². The predicted molar refractivity (Wildman–Crippen MR) is 107 cm³/mol. The average Bonchev–Trinajstić information content (AvgIpc) is 3.36. The van der Waals surface area contributed by atoms with Crippen LogP contribution in [-0.2, 0) is 21.2 Å². The van der Waals surface area contributed by atoms with Crippen molar-refractivity contribution in [2.24, 2.45) is 0 Å². The monoisotopic (exact) mass is 413 g/mol. The number of carbonyl (C=O) groups is 1. The minimum absolute atomic E-state index is 0.0121. The third kappa shape index (κ3) is 4.13. The van der Waals surface area contributed by atoms with Crippen molar-refractivity contribution in [3.63, 3.8) is 0 Å². The molecule has 1 amide bonds. The van der Waals surface area contributed by atoms with Crippen LogP contribution in [0.4, 0.5) is 0 Å². The first-order valence-electron chi connectivity index (χ1n) is 9.07. The number of rotatable bonds is 8. The van der Waals surface area contributed by atoms with Gasteiger partial charge < -0.3 is 10.3 Å². The highest BCUT2D eigenvalue weighted by atomic mass is 32.2. The molecular weight excluding hydrogens is 394 g/mol. The maximum absolute atomic E-state index is 12.5. The van der Waals surface area contributed by atoms with Crippen molar-refractivity contribution in [1.29, 1.82) is 0 Å². The number of hydrogen-bond donors (Lipinski definition) is 3. The van der Waals surface area contributed by atoms with E-state index in [1.165, 1.54) is 6.07 Å². The summed E-state index contributed by atoms with van der Waals surface area (Å²) in [6.45, 7) is 0.238. The normalized spacial score (nSPS) is 11.9. The van der Waals surface area contributed by atoms with E-state index in [0.717, 1.165) is 16.5 Å². The van der Waals surface area contributed by atoms with Gasteiger partial charge in [-0.2, -0.15) is 0 Å². The Kier molecular flexibility index (Phi) is 5.28. The van der Waals surface area contributed by atoms with Gasteiger partial charge in [0.1, 0.15) is 10.4 Å². The van der Waals surface area contributed by atoms with Crippen LogP contribution in [0.1, 0.15) is 12.0 Å². The molecule has 10 heteroatoms. The maximum atomic E-state index is 12.5. The Morgan fingerprint density at radius 2 is 1.93 bits per heavy atom. The SMILES string of the molecule is O=C(CCc1c[nH]c2ccccc12)NCCNS(=O)(=O)c1cccc2nonc12. The fourth-order valence-corrected chi connectivity index (χ4v) is 4.32. The van der Waals surface area contributed by atoms with Crippen LogP contribution in [0.3, 0.4) is 0 Å². The van der Waals surface area contributed by atoms with Gasteiger partial charge in [-0.3, -0.25) is 4.79 Å². The number of benzene rings is 2. The minimum atomic E-state index is -3.79. The van der Waals surface area contributed by atoms with Gasteiger partial charge in [0, 0.05) is 36.6 Å². The topological polar surface area (TPSA) is 130 Å². The molecule has 150 valence electrons. The predicted octanol–water partition coefficient (Wildman–Crippen LogP) is 1.73. The number of aromatic amines is 1. The van der Waals surface area contributed by atoms with E-state index >= 15 is 0 Å². The summed E-state index contributed by atoms with van der Waals surface area (Å²) in [6, 6.07) is 12.5. The highest BCUT2D eigenvalue weighted by Crippen LogP contribution is 2.20. The summed E-state index contributed by atoms with van der Waals surface area (Å²) in [5, 5.41) is 11.1. The molecule has 0 spiro atoms. The van der Waals surface area contributed by atoms with E-state index in [1.807, 2.05) is 30.5 Å². The summed E-state index contributed by atoms with van der Waals surface area (Å²) in [5.74, 6) is -0.141. The van der Waals surface area contributed by atoms with Gasteiger partial charge in [0.05, 0.1) is 0 Å².